The zero-order valence-corrected chi connectivity index (χ0v) is 12.3. The fourth-order valence-electron chi connectivity index (χ4n) is 2.52. The molecule has 0 spiro atoms. The van der Waals surface area contributed by atoms with Crippen molar-refractivity contribution in [1.82, 2.24) is 0 Å². The van der Waals surface area contributed by atoms with E-state index < -0.39 is 0 Å². The van der Waals surface area contributed by atoms with Crippen molar-refractivity contribution in [3.63, 3.8) is 0 Å². The summed E-state index contributed by atoms with van der Waals surface area (Å²) < 4.78 is 0. The number of benzene rings is 2. The molecule has 0 heterocycles. The predicted octanol–water partition coefficient (Wildman–Crippen LogP) is 4.46. The molecular weight excluding hydrogens is 232 g/mol. The summed E-state index contributed by atoms with van der Waals surface area (Å²) in [5.41, 5.74) is 7.25. The quantitative estimate of drug-likeness (QED) is 0.721. The summed E-state index contributed by atoms with van der Waals surface area (Å²) in [5, 5.41) is 0. The maximum Gasteiger partial charge on any atom is 0.193 e. The lowest BCUT2D eigenvalue weighted by atomic mass is 9.88. The lowest BCUT2D eigenvalue weighted by Crippen LogP contribution is -2.10. The van der Waals surface area contributed by atoms with Gasteiger partial charge in [0.15, 0.2) is 5.78 Å². The smallest absolute Gasteiger partial charge is 0.193 e. The van der Waals surface area contributed by atoms with E-state index in [2.05, 4.69) is 19.9 Å². The number of hydrogen-bond donors (Lipinski definition) is 0. The number of carbonyl (C=O) groups is 1. The van der Waals surface area contributed by atoms with Gasteiger partial charge in [-0.25, -0.2) is 0 Å². The van der Waals surface area contributed by atoms with Crippen molar-refractivity contribution in [2.45, 2.75) is 34.6 Å². The van der Waals surface area contributed by atoms with Gasteiger partial charge in [0.2, 0.25) is 0 Å². The van der Waals surface area contributed by atoms with Gasteiger partial charge in [0.05, 0.1) is 0 Å². The lowest BCUT2D eigenvalue weighted by Gasteiger charge is -2.15. The van der Waals surface area contributed by atoms with Crippen LogP contribution in [0.15, 0.2) is 30.3 Å². The summed E-state index contributed by atoms with van der Waals surface area (Å²) >= 11 is 0. The average Bonchev–Trinajstić information content (AvgIpc) is 2.37. The second-order valence-electron chi connectivity index (χ2n) is 5.28. The van der Waals surface area contributed by atoms with Crippen LogP contribution >= 0.6 is 0 Å². The van der Waals surface area contributed by atoms with E-state index in [4.69, 9.17) is 0 Å². The van der Waals surface area contributed by atoms with Crippen molar-refractivity contribution < 1.29 is 4.79 Å². The van der Waals surface area contributed by atoms with Gasteiger partial charge >= 0.3 is 0 Å². The third-order valence-corrected chi connectivity index (χ3v) is 3.98. The normalized spacial score (nSPS) is 10.6. The van der Waals surface area contributed by atoms with Crippen molar-refractivity contribution in [3.05, 3.63) is 69.3 Å². The summed E-state index contributed by atoms with van der Waals surface area (Å²) in [6.07, 6.45) is 0. The van der Waals surface area contributed by atoms with Crippen molar-refractivity contribution in [3.8, 4) is 0 Å². The molecule has 0 aliphatic rings. The van der Waals surface area contributed by atoms with Gasteiger partial charge in [-0.05, 0) is 62.4 Å². The van der Waals surface area contributed by atoms with Crippen molar-refractivity contribution >= 4 is 5.78 Å². The third kappa shape index (κ3) is 2.33. The van der Waals surface area contributed by atoms with E-state index in [0.29, 0.717) is 0 Å². The number of rotatable bonds is 2. The van der Waals surface area contributed by atoms with Gasteiger partial charge in [-0.3, -0.25) is 4.79 Å². The summed E-state index contributed by atoms with van der Waals surface area (Å²) in [7, 11) is 0. The Kier molecular flexibility index (Phi) is 3.57. The molecular formula is C18H20O. The second-order valence-corrected chi connectivity index (χ2v) is 5.28. The Bertz CT molecular complexity index is 625. The van der Waals surface area contributed by atoms with Crippen LogP contribution < -0.4 is 0 Å². The summed E-state index contributed by atoms with van der Waals surface area (Å²) in [5.74, 6) is 0.139. The largest absolute Gasteiger partial charge is 0.289 e. The Morgan fingerprint density at radius 3 is 1.84 bits per heavy atom. The van der Waals surface area contributed by atoms with Gasteiger partial charge in [-0.15, -0.1) is 0 Å². The van der Waals surface area contributed by atoms with Gasteiger partial charge in [0.25, 0.3) is 0 Å². The van der Waals surface area contributed by atoms with Crippen LogP contribution in [-0.2, 0) is 0 Å². The van der Waals surface area contributed by atoms with E-state index in [1.54, 1.807) is 0 Å². The highest BCUT2D eigenvalue weighted by molar-refractivity contribution is 6.12. The number of carbonyl (C=O) groups excluding carboxylic acids is 1. The Morgan fingerprint density at radius 2 is 1.32 bits per heavy atom. The molecule has 0 aliphatic heterocycles. The highest BCUT2D eigenvalue weighted by Gasteiger charge is 2.18. The Hall–Kier alpha value is -1.89. The van der Waals surface area contributed by atoms with Gasteiger partial charge in [0, 0.05) is 11.1 Å². The minimum atomic E-state index is 0.139. The Labute approximate surface area is 115 Å². The molecule has 0 atom stereocenters. The van der Waals surface area contributed by atoms with Crippen molar-refractivity contribution in [2.75, 3.05) is 0 Å². The highest BCUT2D eigenvalue weighted by Crippen LogP contribution is 2.25. The first-order valence-electron chi connectivity index (χ1n) is 6.61. The first-order chi connectivity index (χ1) is 8.93. The van der Waals surface area contributed by atoms with E-state index in [1.807, 2.05) is 45.0 Å². The first-order valence-corrected chi connectivity index (χ1v) is 6.61. The van der Waals surface area contributed by atoms with E-state index >= 15 is 0 Å². The highest BCUT2D eigenvalue weighted by atomic mass is 16.1. The van der Waals surface area contributed by atoms with Gasteiger partial charge in [-0.2, -0.15) is 0 Å². The average molecular weight is 252 g/mol. The third-order valence-electron chi connectivity index (χ3n) is 3.98. The van der Waals surface area contributed by atoms with Gasteiger partial charge < -0.3 is 0 Å². The molecule has 0 saturated heterocycles. The minimum Gasteiger partial charge on any atom is -0.289 e. The second kappa shape index (κ2) is 5.00. The monoisotopic (exact) mass is 252 g/mol. The molecule has 98 valence electrons. The summed E-state index contributed by atoms with van der Waals surface area (Å²) in [4.78, 5) is 12.8. The van der Waals surface area contributed by atoms with E-state index in [-0.39, 0.29) is 5.78 Å². The lowest BCUT2D eigenvalue weighted by molar-refractivity contribution is 0.103. The fourth-order valence-corrected chi connectivity index (χ4v) is 2.52. The Morgan fingerprint density at radius 1 is 0.789 bits per heavy atom. The van der Waals surface area contributed by atoms with Crippen LogP contribution in [0.3, 0.4) is 0 Å². The molecule has 0 fully saturated rings. The zero-order chi connectivity index (χ0) is 14.2. The maximum absolute atomic E-state index is 12.8. The molecule has 2 aromatic carbocycles. The number of aryl methyl sites for hydroxylation is 3. The van der Waals surface area contributed by atoms with Crippen LogP contribution in [0.1, 0.15) is 43.7 Å². The molecule has 2 aromatic rings. The molecule has 0 unspecified atom stereocenters. The van der Waals surface area contributed by atoms with E-state index in [0.717, 1.165) is 27.8 Å². The Balaban J connectivity index is 2.67. The molecule has 0 aliphatic carbocycles. The molecule has 0 radical (unpaired) electrons. The predicted molar refractivity (Wildman–Crippen MR) is 80.0 cm³/mol. The van der Waals surface area contributed by atoms with Crippen LogP contribution in [0, 0.1) is 34.6 Å². The minimum absolute atomic E-state index is 0.139. The van der Waals surface area contributed by atoms with Crippen LogP contribution in [0.2, 0.25) is 0 Å². The molecule has 0 aromatic heterocycles. The molecule has 2 rings (SSSR count). The fraction of sp³-hybridized carbons (Fsp3) is 0.278. The number of hydrogen-bond acceptors (Lipinski definition) is 1. The molecule has 0 saturated carbocycles. The molecule has 1 nitrogen and oxygen atoms in total. The summed E-state index contributed by atoms with van der Waals surface area (Å²) in [6.45, 7) is 10.2. The van der Waals surface area contributed by atoms with Crippen LogP contribution in [0.5, 0.6) is 0 Å². The SMILES string of the molecule is Cc1ccccc1C(=O)c1c(C)c(C)cc(C)c1C. The topological polar surface area (TPSA) is 17.1 Å². The van der Waals surface area contributed by atoms with Crippen LogP contribution in [-0.4, -0.2) is 5.78 Å². The summed E-state index contributed by atoms with van der Waals surface area (Å²) in [6, 6.07) is 9.94. The van der Waals surface area contributed by atoms with Crippen molar-refractivity contribution in [1.29, 1.82) is 0 Å². The molecule has 0 bridgehead atoms. The van der Waals surface area contributed by atoms with Crippen LogP contribution in [0.25, 0.3) is 0 Å². The zero-order valence-electron chi connectivity index (χ0n) is 12.3. The van der Waals surface area contributed by atoms with E-state index in [1.165, 1.54) is 11.1 Å². The van der Waals surface area contributed by atoms with Crippen molar-refractivity contribution in [2.24, 2.45) is 0 Å². The standard InChI is InChI=1S/C18H20O/c1-11-8-6-7-9-16(11)18(19)17-14(4)12(2)10-13(3)15(17)5/h6-10H,1-5H3. The van der Waals surface area contributed by atoms with Crippen LogP contribution in [0.4, 0.5) is 0 Å². The molecule has 1 heteroatoms. The van der Waals surface area contributed by atoms with E-state index in [9.17, 15) is 4.79 Å². The molecule has 0 amide bonds. The maximum atomic E-state index is 12.8. The first kappa shape index (κ1) is 13.5. The van der Waals surface area contributed by atoms with Gasteiger partial charge in [0.1, 0.15) is 0 Å². The molecule has 0 N–H and O–H groups in total. The van der Waals surface area contributed by atoms with Gasteiger partial charge in [-0.1, -0.05) is 30.3 Å². The molecule has 19 heavy (non-hydrogen) atoms. The number of ketones is 1.